The van der Waals surface area contributed by atoms with Gasteiger partial charge in [-0.15, -0.1) is 5.10 Å². The standard InChI is InChI=1S/C18H16N8O/c1-13(14-6-8-15(9-7-14)26-12-19-11-20-26)21-23-18(27)10-25-17-5-3-2-4-16(17)22-24-25/h2-9,11-12H,10H2,1H3,(H,23,27)/b21-13-. The Hall–Kier alpha value is -3.88. The summed E-state index contributed by atoms with van der Waals surface area (Å²) in [5.74, 6) is -0.274. The second-order valence-corrected chi connectivity index (χ2v) is 5.85. The number of hydrogen-bond donors (Lipinski definition) is 1. The number of hydrogen-bond acceptors (Lipinski definition) is 6. The van der Waals surface area contributed by atoms with Crippen LogP contribution < -0.4 is 5.43 Å². The number of hydrazone groups is 1. The van der Waals surface area contributed by atoms with Crippen LogP contribution in [0.2, 0.25) is 0 Å². The Morgan fingerprint density at radius 1 is 1.15 bits per heavy atom. The first-order valence-corrected chi connectivity index (χ1v) is 8.27. The topological polar surface area (TPSA) is 103 Å². The molecule has 9 nitrogen and oxygen atoms in total. The van der Waals surface area contributed by atoms with Gasteiger partial charge in [0, 0.05) is 0 Å². The first kappa shape index (κ1) is 16.6. The molecule has 0 aliphatic heterocycles. The molecule has 1 N–H and O–H groups in total. The first-order valence-electron chi connectivity index (χ1n) is 8.27. The maximum absolute atomic E-state index is 12.2. The predicted octanol–water partition coefficient (Wildman–Crippen LogP) is 1.55. The van der Waals surface area contributed by atoms with Crippen LogP contribution in [0.4, 0.5) is 0 Å². The Bertz CT molecular complexity index is 1100. The van der Waals surface area contributed by atoms with E-state index in [-0.39, 0.29) is 12.5 Å². The quantitative estimate of drug-likeness (QED) is 0.430. The van der Waals surface area contributed by atoms with Gasteiger partial charge in [0.15, 0.2) is 0 Å². The third-order valence-corrected chi connectivity index (χ3v) is 4.03. The van der Waals surface area contributed by atoms with Crippen LogP contribution in [0.5, 0.6) is 0 Å². The summed E-state index contributed by atoms with van der Waals surface area (Å²) in [6.07, 6.45) is 3.11. The molecule has 2 heterocycles. The van der Waals surface area contributed by atoms with E-state index in [0.717, 1.165) is 22.3 Å². The van der Waals surface area contributed by atoms with E-state index < -0.39 is 0 Å². The molecule has 0 unspecified atom stereocenters. The van der Waals surface area contributed by atoms with E-state index in [9.17, 15) is 4.79 Å². The van der Waals surface area contributed by atoms with Crippen molar-refractivity contribution in [3.05, 3.63) is 66.7 Å². The molecule has 1 amide bonds. The van der Waals surface area contributed by atoms with E-state index in [1.807, 2.05) is 55.5 Å². The molecule has 0 aliphatic carbocycles. The van der Waals surface area contributed by atoms with Crippen molar-refractivity contribution in [2.75, 3.05) is 0 Å². The highest BCUT2D eigenvalue weighted by molar-refractivity contribution is 5.99. The van der Waals surface area contributed by atoms with E-state index in [4.69, 9.17) is 0 Å². The summed E-state index contributed by atoms with van der Waals surface area (Å²) in [6, 6.07) is 15.1. The molecule has 0 aliphatic rings. The van der Waals surface area contributed by atoms with E-state index in [1.54, 1.807) is 15.7 Å². The number of amides is 1. The summed E-state index contributed by atoms with van der Waals surface area (Å²) in [5, 5.41) is 16.3. The van der Waals surface area contributed by atoms with Crippen molar-refractivity contribution in [2.45, 2.75) is 13.5 Å². The van der Waals surface area contributed by atoms with E-state index >= 15 is 0 Å². The lowest BCUT2D eigenvalue weighted by Gasteiger charge is -2.05. The van der Waals surface area contributed by atoms with Gasteiger partial charge in [0.05, 0.1) is 16.9 Å². The Kier molecular flexibility index (Phi) is 4.40. The van der Waals surface area contributed by atoms with E-state index in [0.29, 0.717) is 5.71 Å². The molecule has 4 rings (SSSR count). The Balaban J connectivity index is 1.42. The fourth-order valence-electron chi connectivity index (χ4n) is 2.61. The van der Waals surface area contributed by atoms with Gasteiger partial charge in [-0.3, -0.25) is 4.79 Å². The molecule has 0 bridgehead atoms. The van der Waals surface area contributed by atoms with Gasteiger partial charge >= 0.3 is 0 Å². The van der Waals surface area contributed by atoms with Crippen molar-refractivity contribution in [3.8, 4) is 5.69 Å². The van der Waals surface area contributed by atoms with Crippen LogP contribution in [0.15, 0.2) is 66.3 Å². The lowest BCUT2D eigenvalue weighted by molar-refractivity contribution is -0.121. The average molecular weight is 360 g/mol. The molecular formula is C18H16N8O. The van der Waals surface area contributed by atoms with Crippen molar-refractivity contribution in [3.63, 3.8) is 0 Å². The van der Waals surface area contributed by atoms with Gasteiger partial charge in [-0.2, -0.15) is 10.2 Å². The molecular weight excluding hydrogens is 344 g/mol. The third-order valence-electron chi connectivity index (χ3n) is 4.03. The molecule has 0 saturated carbocycles. The summed E-state index contributed by atoms with van der Waals surface area (Å²) in [4.78, 5) is 16.1. The third kappa shape index (κ3) is 3.56. The number of fused-ring (bicyclic) bond motifs is 1. The monoisotopic (exact) mass is 360 g/mol. The summed E-state index contributed by atoms with van der Waals surface area (Å²) in [7, 11) is 0. The number of aromatic nitrogens is 6. The smallest absolute Gasteiger partial charge is 0.261 e. The van der Waals surface area contributed by atoms with Gasteiger partial charge < -0.3 is 0 Å². The average Bonchev–Trinajstić information content (AvgIpc) is 3.37. The molecule has 4 aromatic rings. The predicted molar refractivity (Wildman–Crippen MR) is 99.2 cm³/mol. The van der Waals surface area contributed by atoms with Gasteiger partial charge in [-0.05, 0) is 36.8 Å². The van der Waals surface area contributed by atoms with Crippen molar-refractivity contribution >= 4 is 22.7 Å². The molecule has 0 fully saturated rings. The summed E-state index contributed by atoms with van der Waals surface area (Å²) in [6.45, 7) is 1.87. The summed E-state index contributed by atoms with van der Waals surface area (Å²) < 4.78 is 3.21. The maximum Gasteiger partial charge on any atom is 0.261 e. The number of rotatable bonds is 5. The molecule has 0 saturated heterocycles. The molecule has 2 aromatic carbocycles. The fourth-order valence-corrected chi connectivity index (χ4v) is 2.61. The van der Waals surface area contributed by atoms with Crippen LogP contribution in [0.3, 0.4) is 0 Å². The zero-order valence-corrected chi connectivity index (χ0v) is 14.5. The molecule has 134 valence electrons. The minimum atomic E-state index is -0.274. The minimum Gasteiger partial charge on any atom is -0.271 e. The van der Waals surface area contributed by atoms with Crippen LogP contribution in [0, 0.1) is 0 Å². The van der Waals surface area contributed by atoms with Crippen molar-refractivity contribution in [1.29, 1.82) is 0 Å². The molecule has 0 atom stereocenters. The fraction of sp³-hybridized carbons (Fsp3) is 0.111. The highest BCUT2D eigenvalue weighted by Gasteiger charge is 2.08. The summed E-state index contributed by atoms with van der Waals surface area (Å²) in [5.41, 5.74) is 6.59. The Labute approximate surface area is 154 Å². The van der Waals surface area contributed by atoms with Crippen LogP contribution in [0.1, 0.15) is 12.5 Å². The van der Waals surface area contributed by atoms with Crippen molar-refractivity contribution in [2.24, 2.45) is 5.10 Å². The Morgan fingerprint density at radius 2 is 1.96 bits per heavy atom. The zero-order valence-electron chi connectivity index (χ0n) is 14.5. The van der Waals surface area contributed by atoms with E-state index in [1.165, 1.54) is 6.33 Å². The number of carbonyl (C=O) groups is 1. The van der Waals surface area contributed by atoms with Gasteiger partial charge in [0.1, 0.15) is 24.7 Å². The Morgan fingerprint density at radius 3 is 2.74 bits per heavy atom. The second-order valence-electron chi connectivity index (χ2n) is 5.85. The number of carbonyl (C=O) groups excluding carboxylic acids is 1. The lowest BCUT2D eigenvalue weighted by Crippen LogP contribution is -2.24. The van der Waals surface area contributed by atoms with Gasteiger partial charge in [-0.1, -0.05) is 29.5 Å². The molecule has 0 spiro atoms. The number of nitrogens with one attached hydrogen (secondary N) is 1. The highest BCUT2D eigenvalue weighted by atomic mass is 16.2. The summed E-state index contributed by atoms with van der Waals surface area (Å²) >= 11 is 0. The molecule has 9 heteroatoms. The van der Waals surface area contributed by atoms with Crippen LogP contribution in [-0.2, 0) is 11.3 Å². The van der Waals surface area contributed by atoms with Gasteiger partial charge in [0.25, 0.3) is 5.91 Å². The van der Waals surface area contributed by atoms with Crippen LogP contribution >= 0.6 is 0 Å². The van der Waals surface area contributed by atoms with E-state index in [2.05, 4.69) is 30.9 Å². The normalized spacial score (nSPS) is 11.7. The number of benzene rings is 2. The van der Waals surface area contributed by atoms with Crippen molar-refractivity contribution < 1.29 is 4.79 Å². The minimum absolute atomic E-state index is 0.0442. The number of para-hydroxylation sites is 1. The highest BCUT2D eigenvalue weighted by Crippen LogP contribution is 2.10. The zero-order chi connectivity index (χ0) is 18.6. The largest absolute Gasteiger partial charge is 0.271 e. The van der Waals surface area contributed by atoms with Gasteiger partial charge in [-0.25, -0.2) is 19.8 Å². The van der Waals surface area contributed by atoms with Crippen LogP contribution in [-0.4, -0.2) is 41.4 Å². The van der Waals surface area contributed by atoms with Gasteiger partial charge in [0.2, 0.25) is 0 Å². The second kappa shape index (κ2) is 7.16. The SMILES string of the molecule is C/C(=N/NC(=O)Cn1nnc2ccccc21)c1ccc(-n2cncn2)cc1. The molecule has 2 aromatic heterocycles. The lowest BCUT2D eigenvalue weighted by atomic mass is 10.1. The molecule has 27 heavy (non-hydrogen) atoms. The van der Waals surface area contributed by atoms with Crippen LogP contribution in [0.25, 0.3) is 16.7 Å². The molecule has 0 radical (unpaired) electrons. The number of nitrogens with zero attached hydrogens (tertiary/aromatic N) is 7. The first-order chi connectivity index (χ1) is 13.2. The van der Waals surface area contributed by atoms with Crippen molar-refractivity contribution in [1.82, 2.24) is 35.2 Å². The maximum atomic E-state index is 12.2.